The van der Waals surface area contributed by atoms with Gasteiger partial charge in [0.2, 0.25) is 0 Å². The Balaban J connectivity index is 1.93. The number of hydrogen-bond donors (Lipinski definition) is 2. The van der Waals surface area contributed by atoms with Gasteiger partial charge in [0.05, 0.1) is 6.21 Å². The van der Waals surface area contributed by atoms with Crippen LogP contribution in [-0.2, 0) is 4.79 Å². The number of rotatable bonds is 5. The van der Waals surface area contributed by atoms with Crippen molar-refractivity contribution < 1.29 is 14.6 Å². The van der Waals surface area contributed by atoms with Gasteiger partial charge in [0, 0.05) is 5.56 Å². The van der Waals surface area contributed by atoms with E-state index in [1.54, 1.807) is 31.2 Å². The van der Waals surface area contributed by atoms with Gasteiger partial charge in [0.1, 0.15) is 11.5 Å². The Kier molecular flexibility index (Phi) is 5.36. The van der Waals surface area contributed by atoms with Crippen molar-refractivity contribution in [1.29, 1.82) is 0 Å². The van der Waals surface area contributed by atoms with E-state index in [4.69, 9.17) is 4.74 Å². The second-order valence-electron chi connectivity index (χ2n) is 5.38. The monoisotopic (exact) mass is 312 g/mol. The van der Waals surface area contributed by atoms with E-state index in [1.807, 2.05) is 32.0 Å². The number of aromatic hydroxyl groups is 1. The van der Waals surface area contributed by atoms with Gasteiger partial charge >= 0.3 is 0 Å². The van der Waals surface area contributed by atoms with Crippen LogP contribution in [0.5, 0.6) is 11.5 Å². The average molecular weight is 312 g/mol. The van der Waals surface area contributed by atoms with E-state index >= 15 is 0 Å². The van der Waals surface area contributed by atoms with Crippen LogP contribution in [0.4, 0.5) is 0 Å². The molecule has 0 aliphatic carbocycles. The van der Waals surface area contributed by atoms with Gasteiger partial charge in [-0.15, -0.1) is 0 Å². The molecule has 0 fully saturated rings. The van der Waals surface area contributed by atoms with E-state index in [0.717, 1.165) is 11.1 Å². The fourth-order valence-electron chi connectivity index (χ4n) is 2.11. The first-order chi connectivity index (χ1) is 11.0. The summed E-state index contributed by atoms with van der Waals surface area (Å²) in [6, 6.07) is 12.5. The number of phenolic OH excluding ortho intramolecular Hbond substituents is 1. The van der Waals surface area contributed by atoms with Crippen LogP contribution >= 0.6 is 0 Å². The van der Waals surface area contributed by atoms with Gasteiger partial charge in [-0.3, -0.25) is 4.79 Å². The molecule has 0 saturated heterocycles. The number of amides is 1. The smallest absolute Gasteiger partial charge is 0.280 e. The molecule has 0 aromatic heterocycles. The van der Waals surface area contributed by atoms with Gasteiger partial charge in [0.15, 0.2) is 6.10 Å². The topological polar surface area (TPSA) is 70.9 Å². The summed E-state index contributed by atoms with van der Waals surface area (Å²) in [5.74, 6) is 0.385. The molecule has 1 amide bonds. The zero-order chi connectivity index (χ0) is 16.8. The van der Waals surface area contributed by atoms with Gasteiger partial charge in [-0.1, -0.05) is 18.2 Å². The van der Waals surface area contributed by atoms with Crippen LogP contribution in [0.15, 0.2) is 47.6 Å². The lowest BCUT2D eigenvalue weighted by molar-refractivity contribution is -0.127. The maximum Gasteiger partial charge on any atom is 0.280 e. The van der Waals surface area contributed by atoms with Crippen LogP contribution in [0.25, 0.3) is 0 Å². The Bertz CT molecular complexity index is 706. The fraction of sp³-hybridized carbons (Fsp3) is 0.222. The fourth-order valence-corrected chi connectivity index (χ4v) is 2.11. The molecule has 120 valence electrons. The molecule has 2 rings (SSSR count). The van der Waals surface area contributed by atoms with Crippen molar-refractivity contribution >= 4 is 12.1 Å². The van der Waals surface area contributed by atoms with Crippen LogP contribution in [0.3, 0.4) is 0 Å². The predicted octanol–water partition coefficient (Wildman–Crippen LogP) is 2.93. The number of carbonyl (C=O) groups excluding carboxylic acids is 1. The molecule has 0 aliphatic rings. The second-order valence-corrected chi connectivity index (χ2v) is 5.38. The van der Waals surface area contributed by atoms with Crippen molar-refractivity contribution in [2.75, 3.05) is 0 Å². The maximum absolute atomic E-state index is 12.0. The van der Waals surface area contributed by atoms with Crippen LogP contribution in [-0.4, -0.2) is 23.3 Å². The normalized spacial score (nSPS) is 12.1. The van der Waals surface area contributed by atoms with Crippen molar-refractivity contribution in [1.82, 2.24) is 5.43 Å². The number of phenols is 1. The van der Waals surface area contributed by atoms with E-state index in [9.17, 15) is 9.90 Å². The highest BCUT2D eigenvalue weighted by Crippen LogP contribution is 2.17. The molecule has 0 radical (unpaired) electrons. The van der Waals surface area contributed by atoms with Crippen molar-refractivity contribution in [3.05, 3.63) is 59.2 Å². The minimum atomic E-state index is -0.683. The number of ether oxygens (including phenoxy) is 1. The molecule has 0 heterocycles. The number of para-hydroxylation sites is 1. The van der Waals surface area contributed by atoms with Gasteiger partial charge in [0.25, 0.3) is 5.91 Å². The predicted molar refractivity (Wildman–Crippen MR) is 89.8 cm³/mol. The number of benzene rings is 2. The van der Waals surface area contributed by atoms with Crippen LogP contribution < -0.4 is 10.2 Å². The quantitative estimate of drug-likeness (QED) is 0.659. The molecule has 23 heavy (non-hydrogen) atoms. The lowest BCUT2D eigenvalue weighted by Crippen LogP contribution is -2.33. The highest BCUT2D eigenvalue weighted by atomic mass is 16.5. The second kappa shape index (κ2) is 7.45. The lowest BCUT2D eigenvalue weighted by atomic mass is 10.1. The van der Waals surface area contributed by atoms with E-state index < -0.39 is 6.10 Å². The summed E-state index contributed by atoms with van der Waals surface area (Å²) in [6.45, 7) is 5.60. The standard InChI is InChI=1S/C18H20N2O3/c1-12-8-13(2)10-16(9-12)23-14(3)18(22)20-19-11-15-6-4-5-7-17(15)21/h4-11,14,21H,1-3H3,(H,20,22)/b19-11-/t14-/m0/s1. The first kappa shape index (κ1) is 16.5. The molecule has 0 unspecified atom stereocenters. The van der Waals surface area contributed by atoms with Gasteiger partial charge in [-0.25, -0.2) is 5.43 Å². The summed E-state index contributed by atoms with van der Waals surface area (Å²) in [5, 5.41) is 13.4. The molecule has 0 spiro atoms. The Morgan fingerprint density at radius 3 is 2.52 bits per heavy atom. The highest BCUT2D eigenvalue weighted by Gasteiger charge is 2.14. The first-order valence-corrected chi connectivity index (χ1v) is 7.31. The summed E-state index contributed by atoms with van der Waals surface area (Å²) in [6.07, 6.45) is 0.703. The zero-order valence-corrected chi connectivity index (χ0v) is 13.4. The number of aryl methyl sites for hydroxylation is 2. The highest BCUT2D eigenvalue weighted by molar-refractivity contribution is 5.86. The molecule has 2 aromatic rings. The van der Waals surface area contributed by atoms with Crippen LogP contribution in [0.1, 0.15) is 23.6 Å². The number of nitrogens with one attached hydrogen (secondary N) is 1. The van der Waals surface area contributed by atoms with Crippen molar-refractivity contribution in [3.8, 4) is 11.5 Å². The van der Waals surface area contributed by atoms with E-state index in [2.05, 4.69) is 10.5 Å². The summed E-state index contributed by atoms with van der Waals surface area (Å²) < 4.78 is 5.63. The number of carbonyl (C=O) groups is 1. The molecule has 0 aliphatic heterocycles. The summed E-state index contributed by atoms with van der Waals surface area (Å²) in [5.41, 5.74) is 5.07. The van der Waals surface area contributed by atoms with Gasteiger partial charge in [-0.05, 0) is 56.2 Å². The van der Waals surface area contributed by atoms with E-state index in [1.165, 1.54) is 6.21 Å². The molecule has 5 nitrogen and oxygen atoms in total. The van der Waals surface area contributed by atoms with Gasteiger partial charge in [-0.2, -0.15) is 5.10 Å². The maximum atomic E-state index is 12.0. The molecule has 1 atom stereocenters. The average Bonchev–Trinajstić information content (AvgIpc) is 2.48. The zero-order valence-electron chi connectivity index (χ0n) is 13.4. The van der Waals surface area contributed by atoms with Crippen LogP contribution in [0.2, 0.25) is 0 Å². The van der Waals surface area contributed by atoms with Crippen LogP contribution in [0, 0.1) is 13.8 Å². The third-order valence-corrected chi connectivity index (χ3v) is 3.19. The van der Waals surface area contributed by atoms with Gasteiger partial charge < -0.3 is 9.84 Å². The summed E-state index contributed by atoms with van der Waals surface area (Å²) in [7, 11) is 0. The Morgan fingerprint density at radius 1 is 1.22 bits per heavy atom. The third kappa shape index (κ3) is 4.85. The molecular formula is C18H20N2O3. The van der Waals surface area contributed by atoms with Crippen molar-refractivity contribution in [2.45, 2.75) is 26.9 Å². The first-order valence-electron chi connectivity index (χ1n) is 7.31. The third-order valence-electron chi connectivity index (χ3n) is 3.19. The van der Waals surface area contributed by atoms with Crippen molar-refractivity contribution in [3.63, 3.8) is 0 Å². The van der Waals surface area contributed by atoms with E-state index in [0.29, 0.717) is 11.3 Å². The number of nitrogens with zero attached hydrogens (tertiary/aromatic N) is 1. The Labute approximate surface area is 135 Å². The molecule has 0 saturated carbocycles. The van der Waals surface area contributed by atoms with Crippen molar-refractivity contribution in [2.24, 2.45) is 5.10 Å². The Hall–Kier alpha value is -2.82. The summed E-state index contributed by atoms with van der Waals surface area (Å²) >= 11 is 0. The largest absolute Gasteiger partial charge is 0.507 e. The molecule has 2 N–H and O–H groups in total. The number of hydrogen-bond acceptors (Lipinski definition) is 4. The molecule has 5 heteroatoms. The minimum absolute atomic E-state index is 0.102. The summed E-state index contributed by atoms with van der Waals surface area (Å²) in [4.78, 5) is 12.0. The number of hydrazone groups is 1. The SMILES string of the molecule is Cc1cc(C)cc(O[C@@H](C)C(=O)N/N=C\c2ccccc2O)c1. The van der Waals surface area contributed by atoms with E-state index in [-0.39, 0.29) is 11.7 Å². The Morgan fingerprint density at radius 2 is 1.87 bits per heavy atom. The molecule has 0 bridgehead atoms. The molecular weight excluding hydrogens is 292 g/mol. The molecule has 2 aromatic carbocycles. The lowest BCUT2D eigenvalue weighted by Gasteiger charge is -2.14. The minimum Gasteiger partial charge on any atom is -0.507 e.